The van der Waals surface area contributed by atoms with Gasteiger partial charge >= 0.3 is 6.18 Å². The van der Waals surface area contributed by atoms with Crippen LogP contribution >= 0.6 is 0 Å². The fourth-order valence-corrected chi connectivity index (χ4v) is 3.21. The molecule has 1 aliphatic carbocycles. The third kappa shape index (κ3) is 3.50. The van der Waals surface area contributed by atoms with Gasteiger partial charge < -0.3 is 5.73 Å². The average molecular weight is 308 g/mol. The molecule has 0 saturated heterocycles. The molecule has 0 aliphatic heterocycles. The summed E-state index contributed by atoms with van der Waals surface area (Å²) in [6, 6.07) is 3.73. The predicted octanol–water partition coefficient (Wildman–Crippen LogP) is 1.72. The van der Waals surface area contributed by atoms with E-state index in [0.717, 1.165) is 31.0 Å². The first-order chi connectivity index (χ1) is 9.22. The van der Waals surface area contributed by atoms with E-state index in [1.807, 2.05) is 0 Å². The monoisotopic (exact) mass is 308 g/mol. The van der Waals surface area contributed by atoms with Crippen LogP contribution in [0.25, 0.3) is 0 Å². The quantitative estimate of drug-likeness (QED) is 0.870. The standard InChI is InChI=1S/C12H15F3N2O2S/c13-12(14,15)9-3-1-2-4-11(9)20(18,19)17-7-10(16)8-5-6-8/h1-4,8,10,17H,5-7,16H2. The first-order valence-electron chi connectivity index (χ1n) is 6.13. The Morgan fingerprint density at radius 1 is 1.30 bits per heavy atom. The summed E-state index contributed by atoms with van der Waals surface area (Å²) in [5.74, 6) is 0.260. The lowest BCUT2D eigenvalue weighted by atomic mass is 10.2. The molecular formula is C12H15F3N2O2S. The Bertz CT molecular complexity index is 583. The van der Waals surface area contributed by atoms with E-state index in [-0.39, 0.29) is 18.5 Å². The van der Waals surface area contributed by atoms with E-state index in [2.05, 4.69) is 4.72 Å². The van der Waals surface area contributed by atoms with Gasteiger partial charge in [-0.25, -0.2) is 13.1 Å². The Labute approximate surface area is 115 Å². The van der Waals surface area contributed by atoms with Crippen LogP contribution in [-0.2, 0) is 16.2 Å². The molecule has 1 saturated carbocycles. The van der Waals surface area contributed by atoms with Gasteiger partial charge in [0.15, 0.2) is 0 Å². The number of alkyl halides is 3. The van der Waals surface area contributed by atoms with Crippen molar-refractivity contribution >= 4 is 10.0 Å². The highest BCUT2D eigenvalue weighted by Crippen LogP contribution is 2.34. The van der Waals surface area contributed by atoms with Crippen molar-refractivity contribution in [2.75, 3.05) is 6.54 Å². The van der Waals surface area contributed by atoms with Gasteiger partial charge in [0.2, 0.25) is 10.0 Å². The Hall–Kier alpha value is -1.12. The molecule has 1 aromatic carbocycles. The van der Waals surface area contributed by atoms with E-state index in [1.165, 1.54) is 6.07 Å². The molecule has 0 amide bonds. The molecule has 8 heteroatoms. The van der Waals surface area contributed by atoms with Crippen molar-refractivity contribution in [3.63, 3.8) is 0 Å². The minimum atomic E-state index is -4.72. The minimum Gasteiger partial charge on any atom is -0.326 e. The van der Waals surface area contributed by atoms with Crippen molar-refractivity contribution in [1.29, 1.82) is 0 Å². The lowest BCUT2D eigenvalue weighted by Gasteiger charge is -2.15. The number of halogens is 3. The highest BCUT2D eigenvalue weighted by molar-refractivity contribution is 7.89. The summed E-state index contributed by atoms with van der Waals surface area (Å²) in [7, 11) is -4.22. The molecule has 0 radical (unpaired) electrons. The normalized spacial score (nSPS) is 18.0. The molecule has 20 heavy (non-hydrogen) atoms. The van der Waals surface area contributed by atoms with Gasteiger partial charge in [-0.1, -0.05) is 12.1 Å². The van der Waals surface area contributed by atoms with E-state index in [0.29, 0.717) is 0 Å². The molecule has 0 bridgehead atoms. The lowest BCUT2D eigenvalue weighted by molar-refractivity contribution is -0.139. The molecule has 1 aliphatic rings. The van der Waals surface area contributed by atoms with E-state index in [4.69, 9.17) is 5.73 Å². The summed E-state index contributed by atoms with van der Waals surface area (Å²) in [5, 5.41) is 0. The molecule has 2 rings (SSSR count). The molecule has 3 N–H and O–H groups in total. The summed E-state index contributed by atoms with van der Waals surface area (Å²) in [6.07, 6.45) is -2.85. The van der Waals surface area contributed by atoms with Crippen molar-refractivity contribution < 1.29 is 21.6 Å². The number of sulfonamides is 1. The minimum absolute atomic E-state index is 0.0564. The first kappa shape index (κ1) is 15.3. The van der Waals surface area contributed by atoms with Gasteiger partial charge in [-0.2, -0.15) is 13.2 Å². The molecule has 1 fully saturated rings. The zero-order valence-corrected chi connectivity index (χ0v) is 11.3. The second kappa shape index (κ2) is 5.34. The topological polar surface area (TPSA) is 72.2 Å². The molecule has 1 aromatic rings. The fraction of sp³-hybridized carbons (Fsp3) is 0.500. The Morgan fingerprint density at radius 2 is 1.90 bits per heavy atom. The maximum absolute atomic E-state index is 12.8. The number of hydrogen-bond acceptors (Lipinski definition) is 3. The zero-order chi connectivity index (χ0) is 15.0. The number of nitrogens with two attached hydrogens (primary N) is 1. The molecule has 112 valence electrons. The Kier molecular flexibility index (Phi) is 4.08. The second-order valence-corrected chi connectivity index (χ2v) is 6.58. The molecule has 0 heterocycles. The molecule has 0 spiro atoms. The summed E-state index contributed by atoms with van der Waals surface area (Å²) >= 11 is 0. The van der Waals surface area contributed by atoms with Crippen LogP contribution in [-0.4, -0.2) is 21.0 Å². The van der Waals surface area contributed by atoms with Gasteiger partial charge in [0.25, 0.3) is 0 Å². The van der Waals surface area contributed by atoms with Crippen LogP contribution in [0.3, 0.4) is 0 Å². The first-order valence-corrected chi connectivity index (χ1v) is 7.61. The SMILES string of the molecule is NC(CNS(=O)(=O)c1ccccc1C(F)(F)F)C1CC1. The third-order valence-corrected chi connectivity index (χ3v) is 4.70. The predicted molar refractivity (Wildman–Crippen MR) is 67.3 cm³/mol. The smallest absolute Gasteiger partial charge is 0.326 e. The zero-order valence-electron chi connectivity index (χ0n) is 10.5. The van der Waals surface area contributed by atoms with E-state index < -0.39 is 26.7 Å². The van der Waals surface area contributed by atoms with Crippen molar-refractivity contribution in [2.24, 2.45) is 11.7 Å². The number of hydrogen-bond donors (Lipinski definition) is 2. The van der Waals surface area contributed by atoms with Gasteiger partial charge in [-0.15, -0.1) is 0 Å². The van der Waals surface area contributed by atoms with Gasteiger partial charge in [-0.3, -0.25) is 0 Å². The molecular weight excluding hydrogens is 293 g/mol. The van der Waals surface area contributed by atoms with Gasteiger partial charge in [0.1, 0.15) is 0 Å². The van der Waals surface area contributed by atoms with Crippen molar-refractivity contribution in [2.45, 2.75) is 30.0 Å². The van der Waals surface area contributed by atoms with Crippen LogP contribution in [0.1, 0.15) is 18.4 Å². The third-order valence-electron chi connectivity index (χ3n) is 3.22. The number of nitrogens with one attached hydrogen (secondary N) is 1. The van der Waals surface area contributed by atoms with Crippen LogP contribution in [0.15, 0.2) is 29.2 Å². The Morgan fingerprint density at radius 3 is 2.45 bits per heavy atom. The molecule has 4 nitrogen and oxygen atoms in total. The number of rotatable bonds is 5. The molecule has 0 aromatic heterocycles. The molecule has 1 unspecified atom stereocenters. The number of benzene rings is 1. The fourth-order valence-electron chi connectivity index (χ4n) is 1.91. The van der Waals surface area contributed by atoms with Gasteiger partial charge in [-0.05, 0) is 30.9 Å². The van der Waals surface area contributed by atoms with Crippen LogP contribution < -0.4 is 10.5 Å². The van der Waals surface area contributed by atoms with E-state index in [1.54, 1.807) is 0 Å². The summed E-state index contributed by atoms with van der Waals surface area (Å²) in [6.45, 7) is -0.0564. The van der Waals surface area contributed by atoms with E-state index >= 15 is 0 Å². The van der Waals surface area contributed by atoms with E-state index in [9.17, 15) is 21.6 Å². The van der Waals surface area contributed by atoms with Crippen molar-refractivity contribution in [3.8, 4) is 0 Å². The Balaban J connectivity index is 2.20. The highest BCUT2D eigenvalue weighted by atomic mass is 32.2. The largest absolute Gasteiger partial charge is 0.417 e. The van der Waals surface area contributed by atoms with Crippen molar-refractivity contribution in [1.82, 2.24) is 4.72 Å². The molecule has 1 atom stereocenters. The van der Waals surface area contributed by atoms with Crippen LogP contribution in [0.5, 0.6) is 0 Å². The highest BCUT2D eigenvalue weighted by Gasteiger charge is 2.37. The van der Waals surface area contributed by atoms with Gasteiger partial charge in [0.05, 0.1) is 10.5 Å². The van der Waals surface area contributed by atoms with Crippen LogP contribution in [0.4, 0.5) is 13.2 Å². The lowest BCUT2D eigenvalue weighted by Crippen LogP contribution is -2.39. The van der Waals surface area contributed by atoms with Crippen molar-refractivity contribution in [3.05, 3.63) is 29.8 Å². The maximum Gasteiger partial charge on any atom is 0.417 e. The second-order valence-electron chi connectivity index (χ2n) is 4.85. The van der Waals surface area contributed by atoms with Crippen LogP contribution in [0, 0.1) is 5.92 Å². The average Bonchev–Trinajstić information content (AvgIpc) is 3.19. The maximum atomic E-state index is 12.8. The summed E-state index contributed by atoms with van der Waals surface area (Å²) in [4.78, 5) is -0.768. The summed E-state index contributed by atoms with van der Waals surface area (Å²) < 4.78 is 64.5. The van der Waals surface area contributed by atoms with Gasteiger partial charge in [0, 0.05) is 12.6 Å². The van der Waals surface area contributed by atoms with Crippen LogP contribution in [0.2, 0.25) is 0 Å². The summed E-state index contributed by atoms with van der Waals surface area (Å²) in [5.41, 5.74) is 4.57.